The first-order valence-electron chi connectivity index (χ1n) is 8.23. The molecule has 126 valence electrons. The van der Waals surface area contributed by atoms with E-state index in [9.17, 15) is 9.18 Å². The Bertz CT molecular complexity index is 900. The van der Waals surface area contributed by atoms with Crippen molar-refractivity contribution in [2.45, 2.75) is 25.3 Å². The molecule has 0 aliphatic heterocycles. The standard InChI is InChI=1S/C19H17FN4O/c20-15-3-1-2-13(11-15)10-14-4-7-18(21-12-14)22-19(25)17-8-9-24(23-17)16-5-6-16/h1-4,7-9,11-12,16H,5-6,10H2,(H,21,22,25). The summed E-state index contributed by atoms with van der Waals surface area (Å²) in [7, 11) is 0. The molecular formula is C19H17FN4O. The number of pyridine rings is 1. The lowest BCUT2D eigenvalue weighted by Crippen LogP contribution is -2.14. The fourth-order valence-corrected chi connectivity index (χ4v) is 2.67. The largest absolute Gasteiger partial charge is 0.305 e. The fourth-order valence-electron chi connectivity index (χ4n) is 2.67. The summed E-state index contributed by atoms with van der Waals surface area (Å²) in [6.07, 6.45) is 6.35. The summed E-state index contributed by atoms with van der Waals surface area (Å²) in [6.45, 7) is 0. The Morgan fingerprint density at radius 3 is 2.80 bits per heavy atom. The van der Waals surface area contributed by atoms with Crippen molar-refractivity contribution in [2.24, 2.45) is 0 Å². The minimum atomic E-state index is -0.273. The van der Waals surface area contributed by atoms with Crippen LogP contribution in [0.3, 0.4) is 0 Å². The molecule has 0 saturated heterocycles. The highest BCUT2D eigenvalue weighted by Crippen LogP contribution is 2.33. The van der Waals surface area contributed by atoms with Gasteiger partial charge in [0.1, 0.15) is 11.6 Å². The molecule has 0 atom stereocenters. The third-order valence-electron chi connectivity index (χ3n) is 4.13. The second-order valence-electron chi connectivity index (χ2n) is 6.22. The molecular weight excluding hydrogens is 319 g/mol. The Kier molecular flexibility index (Phi) is 4.01. The SMILES string of the molecule is O=C(Nc1ccc(Cc2cccc(F)c2)cn1)c1ccn(C2CC2)n1. The quantitative estimate of drug-likeness (QED) is 0.774. The Balaban J connectivity index is 1.40. The van der Waals surface area contributed by atoms with Crippen molar-refractivity contribution >= 4 is 11.7 Å². The molecule has 0 unspecified atom stereocenters. The summed E-state index contributed by atoms with van der Waals surface area (Å²) in [4.78, 5) is 16.5. The molecule has 1 N–H and O–H groups in total. The van der Waals surface area contributed by atoms with Crippen LogP contribution in [0.5, 0.6) is 0 Å². The van der Waals surface area contributed by atoms with Gasteiger partial charge in [0.05, 0.1) is 6.04 Å². The van der Waals surface area contributed by atoms with E-state index in [1.165, 1.54) is 12.1 Å². The number of amides is 1. The van der Waals surface area contributed by atoms with Crippen LogP contribution in [-0.4, -0.2) is 20.7 Å². The van der Waals surface area contributed by atoms with Gasteiger partial charge in [-0.1, -0.05) is 18.2 Å². The molecule has 1 aliphatic carbocycles. The number of anilines is 1. The molecule has 1 aromatic carbocycles. The summed E-state index contributed by atoms with van der Waals surface area (Å²) < 4.78 is 15.1. The number of carbonyl (C=O) groups is 1. The molecule has 5 nitrogen and oxygen atoms in total. The van der Waals surface area contributed by atoms with Crippen LogP contribution in [0.15, 0.2) is 54.9 Å². The van der Waals surface area contributed by atoms with Gasteiger partial charge in [-0.15, -0.1) is 0 Å². The molecule has 0 spiro atoms. The van der Waals surface area contributed by atoms with Crippen molar-refractivity contribution < 1.29 is 9.18 Å². The van der Waals surface area contributed by atoms with E-state index >= 15 is 0 Å². The first kappa shape index (κ1) is 15.5. The summed E-state index contributed by atoms with van der Waals surface area (Å²) in [6, 6.07) is 12.3. The molecule has 1 saturated carbocycles. The van der Waals surface area contributed by atoms with E-state index in [1.54, 1.807) is 24.4 Å². The zero-order chi connectivity index (χ0) is 17.2. The van der Waals surface area contributed by atoms with Gasteiger partial charge in [0.2, 0.25) is 0 Å². The van der Waals surface area contributed by atoms with E-state index in [4.69, 9.17) is 0 Å². The lowest BCUT2D eigenvalue weighted by Gasteiger charge is -2.05. The van der Waals surface area contributed by atoms with Crippen LogP contribution in [0, 0.1) is 5.82 Å². The van der Waals surface area contributed by atoms with Crippen LogP contribution in [0.4, 0.5) is 10.2 Å². The second kappa shape index (κ2) is 6.47. The maximum absolute atomic E-state index is 13.2. The Morgan fingerprint density at radius 2 is 2.08 bits per heavy atom. The molecule has 3 aromatic rings. The number of nitrogens with zero attached hydrogens (tertiary/aromatic N) is 3. The molecule has 4 rings (SSSR count). The molecule has 1 fully saturated rings. The number of hydrogen-bond donors (Lipinski definition) is 1. The fraction of sp³-hybridized carbons (Fsp3) is 0.211. The van der Waals surface area contributed by atoms with Crippen molar-refractivity contribution in [3.8, 4) is 0 Å². The van der Waals surface area contributed by atoms with E-state index in [2.05, 4.69) is 15.4 Å². The first-order valence-corrected chi connectivity index (χ1v) is 8.23. The van der Waals surface area contributed by atoms with Crippen molar-refractivity contribution in [1.29, 1.82) is 0 Å². The van der Waals surface area contributed by atoms with E-state index in [1.807, 2.05) is 23.0 Å². The zero-order valence-electron chi connectivity index (χ0n) is 13.5. The number of nitrogens with one attached hydrogen (secondary N) is 1. The average Bonchev–Trinajstić information content (AvgIpc) is 3.33. The summed E-state index contributed by atoms with van der Waals surface area (Å²) in [5.41, 5.74) is 2.21. The minimum absolute atomic E-state index is 0.250. The Morgan fingerprint density at radius 1 is 1.20 bits per heavy atom. The number of benzene rings is 1. The number of rotatable bonds is 5. The van der Waals surface area contributed by atoms with E-state index < -0.39 is 0 Å². The van der Waals surface area contributed by atoms with Crippen LogP contribution in [-0.2, 0) is 6.42 Å². The van der Waals surface area contributed by atoms with Crippen molar-refractivity contribution in [1.82, 2.24) is 14.8 Å². The molecule has 0 radical (unpaired) electrons. The van der Waals surface area contributed by atoms with Gasteiger partial charge in [-0.05, 0) is 54.7 Å². The second-order valence-corrected chi connectivity index (χ2v) is 6.22. The van der Waals surface area contributed by atoms with E-state index in [0.717, 1.165) is 24.0 Å². The maximum atomic E-state index is 13.2. The van der Waals surface area contributed by atoms with Crippen molar-refractivity contribution in [2.75, 3.05) is 5.32 Å². The van der Waals surface area contributed by atoms with E-state index in [0.29, 0.717) is 24.0 Å². The highest BCUT2D eigenvalue weighted by molar-refractivity contribution is 6.02. The number of halogens is 1. The van der Waals surface area contributed by atoms with Crippen LogP contribution in [0.2, 0.25) is 0 Å². The van der Waals surface area contributed by atoms with Gasteiger partial charge >= 0.3 is 0 Å². The van der Waals surface area contributed by atoms with Crippen molar-refractivity contribution in [3.63, 3.8) is 0 Å². The van der Waals surface area contributed by atoms with Gasteiger partial charge in [0.15, 0.2) is 5.69 Å². The molecule has 6 heteroatoms. The highest BCUT2D eigenvalue weighted by Gasteiger charge is 2.25. The highest BCUT2D eigenvalue weighted by atomic mass is 19.1. The summed E-state index contributed by atoms with van der Waals surface area (Å²) >= 11 is 0. The first-order chi connectivity index (χ1) is 12.2. The number of carbonyl (C=O) groups excluding carboxylic acids is 1. The number of aromatic nitrogens is 3. The van der Waals surface area contributed by atoms with Crippen LogP contribution in [0.25, 0.3) is 0 Å². The van der Waals surface area contributed by atoms with Crippen molar-refractivity contribution in [3.05, 3.63) is 77.5 Å². The van der Waals surface area contributed by atoms with E-state index in [-0.39, 0.29) is 11.7 Å². The Hall–Kier alpha value is -3.02. The normalized spacial score (nSPS) is 13.6. The lowest BCUT2D eigenvalue weighted by molar-refractivity contribution is 0.102. The number of hydrogen-bond acceptors (Lipinski definition) is 3. The van der Waals surface area contributed by atoms with Crippen LogP contribution < -0.4 is 5.32 Å². The molecule has 1 amide bonds. The average molecular weight is 336 g/mol. The van der Waals surface area contributed by atoms with Gasteiger partial charge in [0, 0.05) is 12.4 Å². The monoisotopic (exact) mass is 336 g/mol. The van der Waals surface area contributed by atoms with Crippen LogP contribution in [0.1, 0.15) is 40.5 Å². The van der Waals surface area contributed by atoms with Gasteiger partial charge in [-0.3, -0.25) is 9.48 Å². The maximum Gasteiger partial charge on any atom is 0.277 e. The topological polar surface area (TPSA) is 59.8 Å². The Labute approximate surface area is 144 Å². The summed E-state index contributed by atoms with van der Waals surface area (Å²) in [5.74, 6) is -0.0567. The molecule has 2 heterocycles. The van der Waals surface area contributed by atoms with Gasteiger partial charge in [-0.2, -0.15) is 5.10 Å². The third kappa shape index (κ3) is 3.74. The zero-order valence-corrected chi connectivity index (χ0v) is 13.5. The summed E-state index contributed by atoms with van der Waals surface area (Å²) in [5, 5.41) is 7.04. The molecule has 2 aromatic heterocycles. The van der Waals surface area contributed by atoms with Gasteiger partial charge in [-0.25, -0.2) is 9.37 Å². The van der Waals surface area contributed by atoms with Gasteiger partial charge in [0.25, 0.3) is 5.91 Å². The van der Waals surface area contributed by atoms with Gasteiger partial charge < -0.3 is 5.32 Å². The predicted molar refractivity (Wildman–Crippen MR) is 91.9 cm³/mol. The predicted octanol–water partition coefficient (Wildman–Crippen LogP) is 3.60. The van der Waals surface area contributed by atoms with Crippen LogP contribution >= 0.6 is 0 Å². The lowest BCUT2D eigenvalue weighted by atomic mass is 10.1. The molecule has 1 aliphatic rings. The molecule has 0 bridgehead atoms. The molecule has 25 heavy (non-hydrogen) atoms. The smallest absolute Gasteiger partial charge is 0.277 e. The third-order valence-corrected chi connectivity index (χ3v) is 4.13. The minimum Gasteiger partial charge on any atom is -0.305 e.